The molecule has 1 aliphatic carbocycles. The van der Waals surface area contributed by atoms with Gasteiger partial charge in [0.2, 0.25) is 0 Å². The van der Waals surface area contributed by atoms with Gasteiger partial charge in [0.05, 0.1) is 12.7 Å². The molecule has 0 spiro atoms. The molecule has 0 bridgehead atoms. The molecule has 4 heteroatoms. The van der Waals surface area contributed by atoms with Gasteiger partial charge in [0, 0.05) is 11.6 Å². The third-order valence-corrected chi connectivity index (χ3v) is 2.78. The predicted octanol–water partition coefficient (Wildman–Crippen LogP) is 2.64. The Bertz CT molecular complexity index is 375. The summed E-state index contributed by atoms with van der Waals surface area (Å²) in [6.45, 7) is 2.38. The molecule has 0 aliphatic heterocycles. The van der Waals surface area contributed by atoms with Gasteiger partial charge in [-0.2, -0.15) is 0 Å². The minimum absolute atomic E-state index is 0.143. The molecule has 3 nitrogen and oxygen atoms in total. The zero-order valence-electron chi connectivity index (χ0n) is 9.86. The van der Waals surface area contributed by atoms with Crippen LogP contribution in [0.1, 0.15) is 31.4 Å². The Kier molecular flexibility index (Phi) is 3.97. The van der Waals surface area contributed by atoms with Crippen molar-refractivity contribution in [2.45, 2.75) is 25.9 Å². The first-order valence-electron chi connectivity index (χ1n) is 5.85. The average molecular weight is 240 g/mol. The highest BCUT2D eigenvalue weighted by Crippen LogP contribution is 2.28. The Morgan fingerprint density at radius 3 is 2.82 bits per heavy atom. The number of aliphatic hydroxyl groups excluding tert-OH is 1. The van der Waals surface area contributed by atoms with Crippen LogP contribution in [-0.2, 0) is 4.74 Å². The standard InChI is InChI=1S/C13H17FO3/c1-9(15)12-5-4-11(6-13(12)14)17-8-16-7-10-2-3-10/h4-6,9-10,15H,2-3,7-8H2,1H3/t9-/m1/s1. The Balaban J connectivity index is 1.81. The Morgan fingerprint density at radius 2 is 2.24 bits per heavy atom. The number of halogens is 1. The summed E-state index contributed by atoms with van der Waals surface area (Å²) in [5, 5.41) is 9.27. The number of hydrogen-bond donors (Lipinski definition) is 1. The highest BCUT2D eigenvalue weighted by molar-refractivity contribution is 5.29. The zero-order valence-corrected chi connectivity index (χ0v) is 9.86. The molecule has 1 N–H and O–H groups in total. The van der Waals surface area contributed by atoms with E-state index in [0.717, 1.165) is 0 Å². The maximum Gasteiger partial charge on any atom is 0.189 e. The molecule has 0 unspecified atom stereocenters. The summed E-state index contributed by atoms with van der Waals surface area (Å²) in [5.74, 6) is 0.648. The largest absolute Gasteiger partial charge is 0.467 e. The maximum atomic E-state index is 13.5. The van der Waals surface area contributed by atoms with Crippen LogP contribution in [0.5, 0.6) is 5.75 Å². The van der Waals surface area contributed by atoms with E-state index in [0.29, 0.717) is 18.3 Å². The van der Waals surface area contributed by atoms with E-state index in [9.17, 15) is 9.50 Å². The molecule has 0 heterocycles. The highest BCUT2D eigenvalue weighted by atomic mass is 19.1. The van der Waals surface area contributed by atoms with Gasteiger partial charge < -0.3 is 14.6 Å². The van der Waals surface area contributed by atoms with E-state index in [1.165, 1.54) is 31.9 Å². The van der Waals surface area contributed by atoms with Crippen molar-refractivity contribution in [2.24, 2.45) is 5.92 Å². The van der Waals surface area contributed by atoms with Crippen LogP contribution in [0.15, 0.2) is 18.2 Å². The van der Waals surface area contributed by atoms with Gasteiger partial charge in [0.15, 0.2) is 6.79 Å². The summed E-state index contributed by atoms with van der Waals surface area (Å²) >= 11 is 0. The van der Waals surface area contributed by atoms with Crippen molar-refractivity contribution < 1.29 is 19.0 Å². The van der Waals surface area contributed by atoms with Crippen LogP contribution in [0.25, 0.3) is 0 Å². The fourth-order valence-corrected chi connectivity index (χ4v) is 1.55. The molecule has 1 atom stereocenters. The lowest BCUT2D eigenvalue weighted by atomic mass is 10.1. The molecule has 0 amide bonds. The van der Waals surface area contributed by atoms with Gasteiger partial charge in [-0.05, 0) is 37.8 Å². The van der Waals surface area contributed by atoms with Crippen LogP contribution < -0.4 is 4.74 Å². The monoisotopic (exact) mass is 240 g/mol. The lowest BCUT2D eigenvalue weighted by Crippen LogP contribution is -2.05. The van der Waals surface area contributed by atoms with Crippen LogP contribution in [-0.4, -0.2) is 18.5 Å². The quantitative estimate of drug-likeness (QED) is 0.613. The van der Waals surface area contributed by atoms with Crippen molar-refractivity contribution in [2.75, 3.05) is 13.4 Å². The molecule has 0 saturated heterocycles. The number of aliphatic hydroxyl groups is 1. The predicted molar refractivity (Wildman–Crippen MR) is 61.2 cm³/mol. The van der Waals surface area contributed by atoms with Crippen LogP contribution in [0.4, 0.5) is 4.39 Å². The molecule has 0 radical (unpaired) electrons. The minimum Gasteiger partial charge on any atom is -0.467 e. The first-order chi connectivity index (χ1) is 8.16. The zero-order chi connectivity index (χ0) is 12.3. The maximum absolute atomic E-state index is 13.5. The molecule has 94 valence electrons. The van der Waals surface area contributed by atoms with E-state index in [4.69, 9.17) is 9.47 Å². The number of rotatable bonds is 6. The molecular weight excluding hydrogens is 223 g/mol. The SMILES string of the molecule is C[C@@H](O)c1ccc(OCOCC2CC2)cc1F. The summed E-state index contributed by atoms with van der Waals surface area (Å²) in [6.07, 6.45) is 1.66. The van der Waals surface area contributed by atoms with Crippen molar-refractivity contribution >= 4 is 0 Å². The van der Waals surface area contributed by atoms with Crippen LogP contribution in [0, 0.1) is 11.7 Å². The van der Waals surface area contributed by atoms with Crippen LogP contribution in [0.3, 0.4) is 0 Å². The number of hydrogen-bond acceptors (Lipinski definition) is 3. The first-order valence-corrected chi connectivity index (χ1v) is 5.85. The summed E-state index contributed by atoms with van der Waals surface area (Å²) in [4.78, 5) is 0. The molecule has 1 fully saturated rings. The van der Waals surface area contributed by atoms with Gasteiger partial charge in [0.25, 0.3) is 0 Å². The lowest BCUT2D eigenvalue weighted by Gasteiger charge is -2.10. The van der Waals surface area contributed by atoms with E-state index in [-0.39, 0.29) is 12.4 Å². The normalized spacial score (nSPS) is 16.9. The Labute approximate surface area is 100 Å². The van der Waals surface area contributed by atoms with Gasteiger partial charge in [0.1, 0.15) is 11.6 Å². The van der Waals surface area contributed by atoms with Crippen molar-refractivity contribution in [3.63, 3.8) is 0 Å². The molecule has 1 aliphatic rings. The Morgan fingerprint density at radius 1 is 1.47 bits per heavy atom. The highest BCUT2D eigenvalue weighted by Gasteiger charge is 2.21. The van der Waals surface area contributed by atoms with Gasteiger partial charge in [-0.25, -0.2) is 4.39 Å². The second kappa shape index (κ2) is 5.47. The number of benzene rings is 1. The summed E-state index contributed by atoms with van der Waals surface area (Å²) in [6, 6.07) is 4.42. The van der Waals surface area contributed by atoms with Crippen LogP contribution >= 0.6 is 0 Å². The third-order valence-electron chi connectivity index (χ3n) is 2.78. The molecule has 0 aromatic heterocycles. The third kappa shape index (κ3) is 3.68. The smallest absolute Gasteiger partial charge is 0.189 e. The fourth-order valence-electron chi connectivity index (χ4n) is 1.55. The topological polar surface area (TPSA) is 38.7 Å². The number of ether oxygens (including phenoxy) is 2. The molecular formula is C13H17FO3. The van der Waals surface area contributed by atoms with Gasteiger partial charge in [-0.3, -0.25) is 0 Å². The van der Waals surface area contributed by atoms with E-state index in [2.05, 4.69) is 0 Å². The van der Waals surface area contributed by atoms with Crippen molar-refractivity contribution in [3.05, 3.63) is 29.6 Å². The lowest BCUT2D eigenvalue weighted by molar-refractivity contribution is 0.00979. The molecule has 1 aromatic rings. The van der Waals surface area contributed by atoms with Crippen molar-refractivity contribution in [1.82, 2.24) is 0 Å². The average Bonchev–Trinajstić information content (AvgIpc) is 3.08. The second-order valence-electron chi connectivity index (χ2n) is 4.44. The van der Waals surface area contributed by atoms with Crippen LogP contribution in [0.2, 0.25) is 0 Å². The molecule has 1 saturated carbocycles. The van der Waals surface area contributed by atoms with E-state index in [1.807, 2.05) is 0 Å². The van der Waals surface area contributed by atoms with Crippen molar-refractivity contribution in [3.8, 4) is 5.75 Å². The molecule has 1 aromatic carbocycles. The van der Waals surface area contributed by atoms with Gasteiger partial charge in [-0.1, -0.05) is 0 Å². The first kappa shape index (κ1) is 12.3. The van der Waals surface area contributed by atoms with Gasteiger partial charge in [-0.15, -0.1) is 0 Å². The summed E-state index contributed by atoms with van der Waals surface area (Å²) < 4.78 is 24.0. The van der Waals surface area contributed by atoms with Gasteiger partial charge >= 0.3 is 0 Å². The summed E-state index contributed by atoms with van der Waals surface area (Å²) in [5.41, 5.74) is 0.274. The van der Waals surface area contributed by atoms with Crippen molar-refractivity contribution in [1.29, 1.82) is 0 Å². The molecule has 17 heavy (non-hydrogen) atoms. The minimum atomic E-state index is -0.810. The van der Waals surface area contributed by atoms with E-state index < -0.39 is 11.9 Å². The second-order valence-corrected chi connectivity index (χ2v) is 4.44. The summed E-state index contributed by atoms with van der Waals surface area (Å²) in [7, 11) is 0. The van der Waals surface area contributed by atoms with E-state index >= 15 is 0 Å². The Hall–Kier alpha value is -1.13. The molecule has 2 rings (SSSR count). The fraction of sp³-hybridized carbons (Fsp3) is 0.538. The van der Waals surface area contributed by atoms with E-state index in [1.54, 1.807) is 6.07 Å².